The Morgan fingerprint density at radius 2 is 1.95 bits per heavy atom. The molecule has 0 bridgehead atoms. The van der Waals surface area contributed by atoms with Gasteiger partial charge in [-0.05, 0) is 62.8 Å². The van der Waals surface area contributed by atoms with Crippen LogP contribution >= 0.6 is 0 Å². The lowest BCUT2D eigenvalue weighted by molar-refractivity contribution is -0.0289. The zero-order valence-corrected chi connectivity index (χ0v) is 12.6. The first-order valence-corrected chi connectivity index (χ1v) is 7.80. The molecule has 1 atom stereocenters. The number of hydrogen-bond acceptors (Lipinski definition) is 2. The van der Waals surface area contributed by atoms with Crippen LogP contribution in [0.25, 0.3) is 0 Å². The van der Waals surface area contributed by atoms with Gasteiger partial charge in [0.05, 0.1) is 6.10 Å². The van der Waals surface area contributed by atoms with Crippen LogP contribution in [0.2, 0.25) is 0 Å². The number of likely N-dealkylation sites (N-methyl/N-ethyl adjacent to an activating group) is 1. The van der Waals surface area contributed by atoms with Crippen molar-refractivity contribution >= 4 is 0 Å². The van der Waals surface area contributed by atoms with Crippen LogP contribution in [0.15, 0.2) is 24.3 Å². The average molecular weight is 279 g/mol. The molecule has 0 saturated heterocycles. The van der Waals surface area contributed by atoms with Crippen LogP contribution in [0.4, 0.5) is 4.39 Å². The van der Waals surface area contributed by atoms with E-state index in [0.717, 1.165) is 25.5 Å². The molecule has 0 spiro atoms. The number of halogens is 1. The molecule has 1 fully saturated rings. The van der Waals surface area contributed by atoms with E-state index in [1.165, 1.54) is 24.8 Å². The topological polar surface area (TPSA) is 21.3 Å². The highest BCUT2D eigenvalue weighted by Gasteiger charge is 2.31. The SMILES string of the molecule is CCNC(Cc1ccc(F)cc1)CC1CC(OCC)C1. The first-order chi connectivity index (χ1) is 9.71. The first-order valence-electron chi connectivity index (χ1n) is 7.80. The molecule has 3 heteroatoms. The van der Waals surface area contributed by atoms with E-state index in [1.807, 2.05) is 12.1 Å². The van der Waals surface area contributed by atoms with Crippen LogP contribution in [0.5, 0.6) is 0 Å². The molecule has 20 heavy (non-hydrogen) atoms. The van der Waals surface area contributed by atoms with Gasteiger partial charge in [0.25, 0.3) is 0 Å². The second-order valence-corrected chi connectivity index (χ2v) is 5.74. The minimum Gasteiger partial charge on any atom is -0.378 e. The van der Waals surface area contributed by atoms with Crippen molar-refractivity contribution in [3.63, 3.8) is 0 Å². The Balaban J connectivity index is 1.80. The van der Waals surface area contributed by atoms with Gasteiger partial charge < -0.3 is 10.1 Å². The van der Waals surface area contributed by atoms with Crippen molar-refractivity contribution in [2.24, 2.45) is 5.92 Å². The third kappa shape index (κ3) is 4.57. The van der Waals surface area contributed by atoms with Gasteiger partial charge >= 0.3 is 0 Å². The monoisotopic (exact) mass is 279 g/mol. The molecular formula is C17H26FNO. The van der Waals surface area contributed by atoms with E-state index in [4.69, 9.17) is 4.74 Å². The predicted molar refractivity (Wildman–Crippen MR) is 80.3 cm³/mol. The van der Waals surface area contributed by atoms with Gasteiger partial charge in [-0.2, -0.15) is 0 Å². The fourth-order valence-electron chi connectivity index (χ4n) is 3.07. The molecule has 1 aliphatic carbocycles. The molecule has 2 nitrogen and oxygen atoms in total. The van der Waals surface area contributed by atoms with Gasteiger partial charge in [0.2, 0.25) is 0 Å². The summed E-state index contributed by atoms with van der Waals surface area (Å²) >= 11 is 0. The van der Waals surface area contributed by atoms with Gasteiger partial charge in [-0.1, -0.05) is 19.1 Å². The molecule has 1 unspecified atom stereocenters. The van der Waals surface area contributed by atoms with Gasteiger partial charge in [0.1, 0.15) is 5.82 Å². The number of rotatable bonds is 8. The Kier molecular flexibility index (Phi) is 5.99. The van der Waals surface area contributed by atoms with Gasteiger partial charge in [0, 0.05) is 12.6 Å². The standard InChI is InChI=1S/C17H26FNO/c1-3-19-16(9-13-5-7-15(18)8-6-13)10-14-11-17(12-14)20-4-2/h5-8,14,16-17,19H,3-4,9-12H2,1-2H3. The molecule has 112 valence electrons. The summed E-state index contributed by atoms with van der Waals surface area (Å²) in [5.41, 5.74) is 1.21. The first kappa shape index (κ1) is 15.5. The highest BCUT2D eigenvalue weighted by molar-refractivity contribution is 5.17. The fourth-order valence-corrected chi connectivity index (χ4v) is 3.07. The molecule has 0 aliphatic heterocycles. The number of ether oxygens (including phenoxy) is 1. The van der Waals surface area contributed by atoms with Crippen molar-refractivity contribution in [1.29, 1.82) is 0 Å². The van der Waals surface area contributed by atoms with E-state index in [9.17, 15) is 4.39 Å². The lowest BCUT2D eigenvalue weighted by Gasteiger charge is -2.37. The van der Waals surface area contributed by atoms with E-state index in [-0.39, 0.29) is 5.82 Å². The Hall–Kier alpha value is -0.930. The third-order valence-electron chi connectivity index (χ3n) is 4.10. The Labute approximate surface area is 121 Å². The summed E-state index contributed by atoms with van der Waals surface area (Å²) in [7, 11) is 0. The van der Waals surface area contributed by atoms with E-state index >= 15 is 0 Å². The Bertz CT molecular complexity index is 386. The summed E-state index contributed by atoms with van der Waals surface area (Å²) in [5, 5.41) is 3.56. The molecule has 0 heterocycles. The van der Waals surface area contributed by atoms with E-state index in [1.54, 1.807) is 12.1 Å². The molecular weight excluding hydrogens is 253 g/mol. The highest BCUT2D eigenvalue weighted by Crippen LogP contribution is 2.34. The number of hydrogen-bond donors (Lipinski definition) is 1. The quantitative estimate of drug-likeness (QED) is 0.785. The lowest BCUT2D eigenvalue weighted by Crippen LogP contribution is -2.39. The van der Waals surface area contributed by atoms with Crippen molar-refractivity contribution in [2.45, 2.75) is 51.7 Å². The number of nitrogens with one attached hydrogen (secondary N) is 1. The normalized spacial score (nSPS) is 23.4. The second kappa shape index (κ2) is 7.75. The van der Waals surface area contributed by atoms with Crippen LogP contribution < -0.4 is 5.32 Å². The lowest BCUT2D eigenvalue weighted by atomic mass is 9.77. The Morgan fingerprint density at radius 1 is 1.25 bits per heavy atom. The van der Waals surface area contributed by atoms with Crippen LogP contribution in [0.1, 0.15) is 38.7 Å². The highest BCUT2D eigenvalue weighted by atomic mass is 19.1. The van der Waals surface area contributed by atoms with Crippen molar-refractivity contribution in [2.75, 3.05) is 13.2 Å². The van der Waals surface area contributed by atoms with Gasteiger partial charge in [-0.15, -0.1) is 0 Å². The van der Waals surface area contributed by atoms with Crippen LogP contribution in [0, 0.1) is 11.7 Å². The summed E-state index contributed by atoms with van der Waals surface area (Å²) < 4.78 is 18.6. The third-order valence-corrected chi connectivity index (χ3v) is 4.10. The predicted octanol–water partition coefficient (Wildman–Crippen LogP) is 3.55. The smallest absolute Gasteiger partial charge is 0.123 e. The van der Waals surface area contributed by atoms with Crippen molar-refractivity contribution < 1.29 is 9.13 Å². The Morgan fingerprint density at radius 3 is 2.55 bits per heavy atom. The average Bonchev–Trinajstić information content (AvgIpc) is 2.39. The van der Waals surface area contributed by atoms with Crippen LogP contribution in [-0.2, 0) is 11.2 Å². The summed E-state index contributed by atoms with van der Waals surface area (Å²) in [6, 6.07) is 7.37. The van der Waals surface area contributed by atoms with Crippen molar-refractivity contribution in [3.8, 4) is 0 Å². The van der Waals surface area contributed by atoms with Gasteiger partial charge in [-0.25, -0.2) is 4.39 Å². The minimum atomic E-state index is -0.160. The van der Waals surface area contributed by atoms with E-state index in [0.29, 0.717) is 12.1 Å². The number of benzene rings is 1. The zero-order valence-electron chi connectivity index (χ0n) is 12.6. The van der Waals surface area contributed by atoms with E-state index < -0.39 is 0 Å². The second-order valence-electron chi connectivity index (χ2n) is 5.74. The zero-order chi connectivity index (χ0) is 14.4. The summed E-state index contributed by atoms with van der Waals surface area (Å²) in [6.07, 6.45) is 5.04. The largest absolute Gasteiger partial charge is 0.378 e. The van der Waals surface area contributed by atoms with Crippen LogP contribution in [-0.4, -0.2) is 25.3 Å². The molecule has 0 amide bonds. The summed E-state index contributed by atoms with van der Waals surface area (Å²) in [4.78, 5) is 0. The maximum atomic E-state index is 12.9. The van der Waals surface area contributed by atoms with Gasteiger partial charge in [-0.3, -0.25) is 0 Å². The van der Waals surface area contributed by atoms with Crippen molar-refractivity contribution in [1.82, 2.24) is 5.32 Å². The fraction of sp³-hybridized carbons (Fsp3) is 0.647. The maximum absolute atomic E-state index is 12.9. The molecule has 1 aliphatic rings. The molecule has 1 N–H and O–H groups in total. The molecule has 1 aromatic rings. The summed E-state index contributed by atoms with van der Waals surface area (Å²) in [6.45, 7) is 6.00. The van der Waals surface area contributed by atoms with Crippen LogP contribution in [0.3, 0.4) is 0 Å². The molecule has 1 saturated carbocycles. The maximum Gasteiger partial charge on any atom is 0.123 e. The molecule has 1 aromatic carbocycles. The molecule has 2 rings (SSSR count). The van der Waals surface area contributed by atoms with Crippen molar-refractivity contribution in [3.05, 3.63) is 35.6 Å². The summed E-state index contributed by atoms with van der Waals surface area (Å²) in [5.74, 6) is 0.614. The minimum absolute atomic E-state index is 0.160. The molecule has 0 aromatic heterocycles. The molecule has 0 radical (unpaired) electrons. The van der Waals surface area contributed by atoms with E-state index in [2.05, 4.69) is 19.2 Å². The van der Waals surface area contributed by atoms with Gasteiger partial charge in [0.15, 0.2) is 0 Å².